The fourth-order valence-corrected chi connectivity index (χ4v) is 4.43. The van der Waals surface area contributed by atoms with Crippen molar-refractivity contribution in [1.29, 1.82) is 0 Å². The number of rotatable bonds is 5. The summed E-state index contributed by atoms with van der Waals surface area (Å²) in [5.41, 5.74) is 9.38. The molecule has 2 nitrogen and oxygen atoms in total. The Morgan fingerprint density at radius 3 is 2.00 bits per heavy atom. The molecule has 5 rings (SSSR count). The molecule has 0 unspecified atom stereocenters. The molecule has 5 aromatic rings. The van der Waals surface area contributed by atoms with Crippen molar-refractivity contribution in [2.75, 3.05) is 7.11 Å². The van der Waals surface area contributed by atoms with Crippen LogP contribution in [-0.4, -0.2) is 7.11 Å². The number of hydrogen-bond donors (Lipinski definition) is 0. The van der Waals surface area contributed by atoms with Gasteiger partial charge in [0.2, 0.25) is 0 Å². The first-order valence-corrected chi connectivity index (χ1v) is 10.9. The second-order valence-corrected chi connectivity index (χ2v) is 8.33. The van der Waals surface area contributed by atoms with E-state index in [1.165, 1.54) is 44.3 Å². The van der Waals surface area contributed by atoms with Crippen LogP contribution in [0.15, 0.2) is 95.4 Å². The number of furan rings is 1. The van der Waals surface area contributed by atoms with Crippen LogP contribution in [0, 0.1) is 13.8 Å². The highest BCUT2D eigenvalue weighted by Gasteiger charge is 2.18. The largest absolute Gasteiger partial charge is 0.497 e. The summed E-state index contributed by atoms with van der Waals surface area (Å²) in [6.07, 6.45) is 0.767. The third kappa shape index (κ3) is 3.80. The van der Waals surface area contributed by atoms with Gasteiger partial charge in [0, 0.05) is 17.4 Å². The lowest BCUT2D eigenvalue weighted by Gasteiger charge is -2.08. The fraction of sp³-hybridized carbons (Fsp3) is 0.133. The molecule has 4 aromatic carbocycles. The Balaban J connectivity index is 1.61. The van der Waals surface area contributed by atoms with Crippen molar-refractivity contribution in [1.82, 2.24) is 0 Å². The zero-order valence-electron chi connectivity index (χ0n) is 18.7. The Bertz CT molecular complexity index is 1360. The summed E-state index contributed by atoms with van der Waals surface area (Å²) in [5, 5.41) is 1.19. The summed E-state index contributed by atoms with van der Waals surface area (Å²) < 4.78 is 11.8. The van der Waals surface area contributed by atoms with E-state index in [0.29, 0.717) is 0 Å². The van der Waals surface area contributed by atoms with Crippen LogP contribution < -0.4 is 4.74 Å². The SMILES string of the molecule is COc1ccc(-c2ccc(-c3c(Cc4ccccc4)oc4c(C)cc(C)cc34)cc2)cc1. The molecule has 2 heteroatoms. The van der Waals surface area contributed by atoms with Gasteiger partial charge in [-0.05, 0) is 65.4 Å². The summed E-state index contributed by atoms with van der Waals surface area (Å²) in [6.45, 7) is 4.27. The normalized spacial score (nSPS) is 11.1. The Hall–Kier alpha value is -3.78. The number of methoxy groups -OCH3 is 1. The maximum Gasteiger partial charge on any atom is 0.137 e. The Kier molecular flexibility index (Phi) is 5.28. The molecule has 158 valence electrons. The van der Waals surface area contributed by atoms with Crippen molar-refractivity contribution in [2.45, 2.75) is 20.3 Å². The van der Waals surface area contributed by atoms with Crippen molar-refractivity contribution in [3.05, 3.63) is 113 Å². The molecule has 0 aliphatic carbocycles. The molecule has 0 atom stereocenters. The van der Waals surface area contributed by atoms with Crippen LogP contribution >= 0.6 is 0 Å². The van der Waals surface area contributed by atoms with Gasteiger partial charge in [-0.1, -0.05) is 72.8 Å². The molecule has 0 saturated carbocycles. The minimum atomic E-state index is 0.767. The standard InChI is InChI=1S/C30H26O2/c1-20-17-21(2)30-27(18-20)29(28(32-30)19-22-7-5-4-6-8-22)25-11-9-23(10-12-25)24-13-15-26(31-3)16-14-24/h4-18H,19H2,1-3H3. The zero-order valence-corrected chi connectivity index (χ0v) is 18.7. The van der Waals surface area contributed by atoms with Gasteiger partial charge in [0.15, 0.2) is 0 Å². The van der Waals surface area contributed by atoms with Gasteiger partial charge in [0.25, 0.3) is 0 Å². The predicted octanol–water partition coefficient (Wildman–Crippen LogP) is 7.98. The summed E-state index contributed by atoms with van der Waals surface area (Å²) >= 11 is 0. The van der Waals surface area contributed by atoms with Crippen LogP contribution in [0.1, 0.15) is 22.5 Å². The second kappa shape index (κ2) is 8.39. The van der Waals surface area contributed by atoms with Crippen molar-refractivity contribution in [3.63, 3.8) is 0 Å². The first-order valence-electron chi connectivity index (χ1n) is 10.9. The number of fused-ring (bicyclic) bond motifs is 1. The van der Waals surface area contributed by atoms with Gasteiger partial charge >= 0.3 is 0 Å². The molecule has 0 saturated heterocycles. The lowest BCUT2D eigenvalue weighted by Crippen LogP contribution is -1.89. The first kappa shape index (κ1) is 20.1. The van der Waals surface area contributed by atoms with Gasteiger partial charge < -0.3 is 9.15 Å². The Morgan fingerprint density at radius 1 is 0.719 bits per heavy atom. The second-order valence-electron chi connectivity index (χ2n) is 8.33. The van der Waals surface area contributed by atoms with Crippen LogP contribution in [0.4, 0.5) is 0 Å². The van der Waals surface area contributed by atoms with Gasteiger partial charge in [-0.3, -0.25) is 0 Å². The van der Waals surface area contributed by atoms with Gasteiger partial charge in [-0.2, -0.15) is 0 Å². The Labute approximate surface area is 189 Å². The van der Waals surface area contributed by atoms with Gasteiger partial charge in [-0.15, -0.1) is 0 Å². The molecule has 0 spiro atoms. The highest BCUT2D eigenvalue weighted by molar-refractivity contribution is 5.98. The summed E-state index contributed by atoms with van der Waals surface area (Å²) in [5.74, 6) is 1.88. The van der Waals surface area contributed by atoms with E-state index >= 15 is 0 Å². The number of aryl methyl sites for hydroxylation is 2. The van der Waals surface area contributed by atoms with Crippen LogP contribution in [-0.2, 0) is 6.42 Å². The van der Waals surface area contributed by atoms with Crippen molar-refractivity contribution in [2.24, 2.45) is 0 Å². The Morgan fingerprint density at radius 2 is 1.34 bits per heavy atom. The van der Waals surface area contributed by atoms with Crippen LogP contribution in [0.25, 0.3) is 33.2 Å². The average molecular weight is 419 g/mol. The molecular formula is C30H26O2. The third-order valence-corrected chi connectivity index (χ3v) is 6.00. The molecule has 0 aliphatic heterocycles. The minimum Gasteiger partial charge on any atom is -0.497 e. The highest BCUT2D eigenvalue weighted by Crippen LogP contribution is 2.39. The molecule has 1 aromatic heterocycles. The lowest BCUT2D eigenvalue weighted by atomic mass is 9.95. The van der Waals surface area contributed by atoms with E-state index in [0.717, 1.165) is 23.5 Å². The van der Waals surface area contributed by atoms with Gasteiger partial charge in [0.1, 0.15) is 17.1 Å². The van der Waals surface area contributed by atoms with Crippen molar-refractivity contribution >= 4 is 11.0 Å². The van der Waals surface area contributed by atoms with Crippen LogP contribution in [0.2, 0.25) is 0 Å². The monoisotopic (exact) mass is 418 g/mol. The smallest absolute Gasteiger partial charge is 0.137 e. The molecule has 0 aliphatic rings. The number of benzene rings is 4. The van der Waals surface area contributed by atoms with E-state index in [4.69, 9.17) is 9.15 Å². The maximum absolute atomic E-state index is 6.47. The molecule has 0 bridgehead atoms. The molecule has 0 N–H and O–H groups in total. The van der Waals surface area contributed by atoms with Gasteiger partial charge in [0.05, 0.1) is 7.11 Å². The molecule has 32 heavy (non-hydrogen) atoms. The van der Waals surface area contributed by atoms with E-state index in [-0.39, 0.29) is 0 Å². The summed E-state index contributed by atoms with van der Waals surface area (Å²) in [4.78, 5) is 0. The predicted molar refractivity (Wildman–Crippen MR) is 132 cm³/mol. The lowest BCUT2D eigenvalue weighted by molar-refractivity contribution is 0.415. The topological polar surface area (TPSA) is 22.4 Å². The fourth-order valence-electron chi connectivity index (χ4n) is 4.43. The third-order valence-electron chi connectivity index (χ3n) is 6.00. The van der Waals surface area contributed by atoms with Crippen LogP contribution in [0.5, 0.6) is 5.75 Å². The molecule has 0 fully saturated rings. The number of hydrogen-bond acceptors (Lipinski definition) is 2. The van der Waals surface area contributed by atoms with E-state index in [1.807, 2.05) is 12.1 Å². The van der Waals surface area contributed by atoms with E-state index in [2.05, 4.69) is 92.7 Å². The minimum absolute atomic E-state index is 0.767. The molecule has 1 heterocycles. The summed E-state index contributed by atoms with van der Waals surface area (Å²) in [7, 11) is 1.69. The summed E-state index contributed by atoms with van der Waals surface area (Å²) in [6, 6.07) is 31.9. The molecule has 0 amide bonds. The van der Waals surface area contributed by atoms with E-state index < -0.39 is 0 Å². The molecular weight excluding hydrogens is 392 g/mol. The van der Waals surface area contributed by atoms with Crippen molar-refractivity contribution < 1.29 is 9.15 Å². The van der Waals surface area contributed by atoms with Gasteiger partial charge in [-0.25, -0.2) is 0 Å². The molecule has 0 radical (unpaired) electrons. The average Bonchev–Trinajstić information content (AvgIpc) is 3.18. The van der Waals surface area contributed by atoms with E-state index in [9.17, 15) is 0 Å². The van der Waals surface area contributed by atoms with E-state index in [1.54, 1.807) is 7.11 Å². The zero-order chi connectivity index (χ0) is 22.1. The number of ether oxygens (including phenoxy) is 1. The van der Waals surface area contributed by atoms with Crippen molar-refractivity contribution in [3.8, 4) is 28.0 Å². The quantitative estimate of drug-likeness (QED) is 0.289. The highest BCUT2D eigenvalue weighted by atomic mass is 16.5. The maximum atomic E-state index is 6.47. The first-order chi connectivity index (χ1) is 15.6. The van der Waals surface area contributed by atoms with Crippen LogP contribution in [0.3, 0.4) is 0 Å².